The lowest BCUT2D eigenvalue weighted by Gasteiger charge is -2.27. The first-order chi connectivity index (χ1) is 7.97. The number of aliphatic hydroxyl groups is 1. The van der Waals surface area contributed by atoms with Crippen LogP contribution < -0.4 is 5.32 Å². The number of rotatable bonds is 7. The van der Waals surface area contributed by atoms with E-state index in [2.05, 4.69) is 25.7 Å². The molecule has 1 rings (SSSR count). The van der Waals surface area contributed by atoms with E-state index in [1.807, 2.05) is 30.5 Å². The van der Waals surface area contributed by atoms with Gasteiger partial charge in [0.15, 0.2) is 0 Å². The average molecular weight is 253 g/mol. The zero-order valence-electron chi connectivity index (χ0n) is 10.9. The normalized spacial score (nSPS) is 18.4. The standard InChI is InChI=1S/C14H23NOS/c1-5-7-11(2)12(3)15-10-14(4,16)13-8-6-9-17-13/h5-6,8-9,11-12,15-16H,1,7,10H2,2-4H3/t11-,12-,14-/m0/s1. The van der Waals surface area contributed by atoms with Gasteiger partial charge in [0.05, 0.1) is 0 Å². The van der Waals surface area contributed by atoms with Crippen LogP contribution in [0.5, 0.6) is 0 Å². The molecule has 0 aliphatic rings. The van der Waals surface area contributed by atoms with Gasteiger partial charge in [-0.05, 0) is 37.6 Å². The first-order valence-electron chi connectivity index (χ1n) is 6.08. The summed E-state index contributed by atoms with van der Waals surface area (Å²) in [4.78, 5) is 1.01. The first kappa shape index (κ1) is 14.4. The van der Waals surface area contributed by atoms with Gasteiger partial charge in [-0.1, -0.05) is 19.1 Å². The third-order valence-corrected chi connectivity index (χ3v) is 4.34. The molecular formula is C14H23NOS. The Labute approximate surface area is 108 Å². The van der Waals surface area contributed by atoms with E-state index in [-0.39, 0.29) is 0 Å². The molecule has 0 bridgehead atoms. The van der Waals surface area contributed by atoms with Gasteiger partial charge in [-0.25, -0.2) is 0 Å². The van der Waals surface area contributed by atoms with Gasteiger partial charge < -0.3 is 10.4 Å². The highest BCUT2D eigenvalue weighted by Crippen LogP contribution is 2.24. The van der Waals surface area contributed by atoms with Gasteiger partial charge in [0.2, 0.25) is 0 Å². The molecule has 3 heteroatoms. The van der Waals surface area contributed by atoms with Gasteiger partial charge in [0.25, 0.3) is 0 Å². The van der Waals surface area contributed by atoms with E-state index in [0.717, 1.165) is 11.3 Å². The summed E-state index contributed by atoms with van der Waals surface area (Å²) in [5, 5.41) is 15.8. The Morgan fingerprint density at radius 2 is 2.29 bits per heavy atom. The summed E-state index contributed by atoms with van der Waals surface area (Å²) in [6, 6.07) is 4.32. The second kappa shape index (κ2) is 6.34. The number of nitrogens with one attached hydrogen (secondary N) is 1. The molecule has 0 fully saturated rings. The average Bonchev–Trinajstić information content (AvgIpc) is 2.80. The number of thiophene rings is 1. The number of hydrogen-bond acceptors (Lipinski definition) is 3. The van der Waals surface area contributed by atoms with Crippen molar-refractivity contribution in [3.05, 3.63) is 35.0 Å². The molecule has 3 atom stereocenters. The molecule has 1 aromatic rings. The van der Waals surface area contributed by atoms with Crippen molar-refractivity contribution in [2.24, 2.45) is 5.92 Å². The topological polar surface area (TPSA) is 32.3 Å². The van der Waals surface area contributed by atoms with Crippen molar-refractivity contribution in [1.29, 1.82) is 0 Å². The predicted octanol–water partition coefficient (Wildman–Crippen LogP) is 3.15. The van der Waals surface area contributed by atoms with Crippen LogP contribution in [0.1, 0.15) is 32.1 Å². The Hall–Kier alpha value is -0.640. The highest BCUT2D eigenvalue weighted by molar-refractivity contribution is 7.10. The maximum atomic E-state index is 10.4. The van der Waals surface area contributed by atoms with E-state index < -0.39 is 5.60 Å². The summed E-state index contributed by atoms with van der Waals surface area (Å²) in [5.74, 6) is 0.534. The summed E-state index contributed by atoms with van der Waals surface area (Å²) >= 11 is 1.59. The van der Waals surface area contributed by atoms with Gasteiger partial charge >= 0.3 is 0 Å². The van der Waals surface area contributed by atoms with E-state index in [4.69, 9.17) is 0 Å². The molecule has 0 spiro atoms. The molecule has 0 unspecified atom stereocenters. The molecule has 1 aromatic heterocycles. The first-order valence-corrected chi connectivity index (χ1v) is 6.96. The largest absolute Gasteiger partial charge is 0.383 e. The predicted molar refractivity (Wildman–Crippen MR) is 75.3 cm³/mol. The monoisotopic (exact) mass is 253 g/mol. The van der Waals surface area contributed by atoms with Gasteiger partial charge in [-0.2, -0.15) is 0 Å². The second-order valence-electron chi connectivity index (χ2n) is 4.92. The summed E-state index contributed by atoms with van der Waals surface area (Å²) < 4.78 is 0. The van der Waals surface area contributed by atoms with Crippen LogP contribution in [0.15, 0.2) is 30.2 Å². The zero-order chi connectivity index (χ0) is 12.9. The van der Waals surface area contributed by atoms with Crippen molar-refractivity contribution in [2.75, 3.05) is 6.54 Å². The Bertz CT molecular complexity index is 332. The van der Waals surface area contributed by atoms with E-state index in [1.54, 1.807) is 11.3 Å². The molecule has 17 heavy (non-hydrogen) atoms. The Morgan fingerprint density at radius 1 is 1.59 bits per heavy atom. The van der Waals surface area contributed by atoms with Crippen molar-refractivity contribution in [3.8, 4) is 0 Å². The van der Waals surface area contributed by atoms with Crippen LogP contribution in [0.25, 0.3) is 0 Å². The molecule has 0 saturated heterocycles. The van der Waals surface area contributed by atoms with Crippen molar-refractivity contribution in [1.82, 2.24) is 5.32 Å². The maximum Gasteiger partial charge on any atom is 0.108 e. The lowest BCUT2D eigenvalue weighted by molar-refractivity contribution is 0.0561. The summed E-state index contributed by atoms with van der Waals surface area (Å²) in [6.07, 6.45) is 2.94. The molecule has 0 aliphatic carbocycles. The summed E-state index contributed by atoms with van der Waals surface area (Å²) in [5.41, 5.74) is -0.781. The minimum atomic E-state index is -0.781. The summed E-state index contributed by atoms with van der Waals surface area (Å²) in [6.45, 7) is 10.5. The third kappa shape index (κ3) is 4.26. The molecular weight excluding hydrogens is 230 g/mol. The molecule has 0 radical (unpaired) electrons. The highest BCUT2D eigenvalue weighted by atomic mass is 32.1. The lowest BCUT2D eigenvalue weighted by Crippen LogP contribution is -2.41. The van der Waals surface area contributed by atoms with Crippen molar-refractivity contribution in [3.63, 3.8) is 0 Å². The van der Waals surface area contributed by atoms with Crippen molar-refractivity contribution in [2.45, 2.75) is 38.8 Å². The van der Waals surface area contributed by atoms with Gasteiger partial charge in [-0.3, -0.25) is 0 Å². The number of allylic oxidation sites excluding steroid dienone is 1. The van der Waals surface area contributed by atoms with Crippen LogP contribution in [-0.2, 0) is 5.60 Å². The van der Waals surface area contributed by atoms with Crippen LogP contribution in [0.3, 0.4) is 0 Å². The Kier molecular flexibility index (Phi) is 5.37. The van der Waals surface area contributed by atoms with E-state index in [9.17, 15) is 5.11 Å². The van der Waals surface area contributed by atoms with Crippen LogP contribution in [-0.4, -0.2) is 17.7 Å². The van der Waals surface area contributed by atoms with E-state index in [0.29, 0.717) is 18.5 Å². The Morgan fingerprint density at radius 3 is 2.82 bits per heavy atom. The van der Waals surface area contributed by atoms with Gasteiger partial charge in [0, 0.05) is 17.5 Å². The Balaban J connectivity index is 2.47. The SMILES string of the molecule is C=CC[C@H](C)[C@H](C)NC[C@](C)(O)c1cccs1. The molecule has 2 N–H and O–H groups in total. The minimum absolute atomic E-state index is 0.374. The van der Waals surface area contributed by atoms with E-state index >= 15 is 0 Å². The molecule has 2 nitrogen and oxygen atoms in total. The van der Waals surface area contributed by atoms with E-state index in [1.165, 1.54) is 0 Å². The highest BCUT2D eigenvalue weighted by Gasteiger charge is 2.25. The smallest absolute Gasteiger partial charge is 0.108 e. The fourth-order valence-electron chi connectivity index (χ4n) is 1.70. The lowest BCUT2D eigenvalue weighted by atomic mass is 9.98. The fourth-order valence-corrected chi connectivity index (χ4v) is 2.49. The molecule has 0 aliphatic heterocycles. The van der Waals surface area contributed by atoms with Crippen LogP contribution in [0.4, 0.5) is 0 Å². The van der Waals surface area contributed by atoms with Crippen LogP contribution >= 0.6 is 11.3 Å². The molecule has 0 amide bonds. The van der Waals surface area contributed by atoms with Crippen LogP contribution in [0.2, 0.25) is 0 Å². The maximum absolute atomic E-state index is 10.4. The third-order valence-electron chi connectivity index (χ3n) is 3.21. The van der Waals surface area contributed by atoms with Crippen molar-refractivity contribution >= 4 is 11.3 Å². The fraction of sp³-hybridized carbons (Fsp3) is 0.571. The number of hydrogen-bond donors (Lipinski definition) is 2. The molecule has 96 valence electrons. The second-order valence-corrected chi connectivity index (χ2v) is 5.87. The molecule has 1 heterocycles. The quantitative estimate of drug-likeness (QED) is 0.732. The minimum Gasteiger partial charge on any atom is -0.383 e. The molecule has 0 saturated carbocycles. The van der Waals surface area contributed by atoms with Gasteiger partial charge in [-0.15, -0.1) is 17.9 Å². The zero-order valence-corrected chi connectivity index (χ0v) is 11.8. The molecule has 0 aromatic carbocycles. The van der Waals surface area contributed by atoms with Crippen LogP contribution in [0, 0.1) is 5.92 Å². The van der Waals surface area contributed by atoms with Crippen molar-refractivity contribution < 1.29 is 5.11 Å². The summed E-state index contributed by atoms with van der Waals surface area (Å²) in [7, 11) is 0. The van der Waals surface area contributed by atoms with Gasteiger partial charge in [0.1, 0.15) is 5.60 Å².